The summed E-state index contributed by atoms with van der Waals surface area (Å²) in [6, 6.07) is 15.2. The second-order valence-corrected chi connectivity index (χ2v) is 15.7. The van der Waals surface area contributed by atoms with Crippen LogP contribution in [0.2, 0.25) is 0 Å². The molecule has 35 heavy (non-hydrogen) atoms. The van der Waals surface area contributed by atoms with Gasteiger partial charge < -0.3 is 0 Å². The summed E-state index contributed by atoms with van der Waals surface area (Å²) in [5.41, 5.74) is 10.4. The van der Waals surface area contributed by atoms with Gasteiger partial charge in [-0.25, -0.2) is 6.08 Å². The molecule has 0 heterocycles. The Morgan fingerprint density at radius 1 is 0.829 bits per heavy atom. The van der Waals surface area contributed by atoms with Crippen molar-refractivity contribution in [1.29, 1.82) is 0 Å². The Labute approximate surface area is 231 Å². The average molecular weight is 546 g/mol. The van der Waals surface area contributed by atoms with Crippen molar-refractivity contribution in [3.63, 3.8) is 0 Å². The average Bonchev–Trinajstić information content (AvgIpc) is 3.29. The van der Waals surface area contributed by atoms with Crippen molar-refractivity contribution in [2.75, 3.05) is 0 Å². The SMILES string of the molecule is CC(C)(C)c1[c-]c2c(cc1)-c1ccc(C(C)(C)C)cc1C2.CC1[C-]=CC(C(C)(C)C)=C1.C[C](C)=[Zr+2]. The Bertz CT molecular complexity index is 1040. The standard InChI is InChI=1S/C21H25.C10H15.C3H6.Zr/c1-20(2,3)16-7-9-18-14(12-16)11-15-13-17(21(4,5)6)8-10-19(15)18;1-8-5-6-9(7-8)10(2,3)4;1-3-2;/h7-10,12H,11H2,1-6H3;6-8H,1-4H3;1-2H3;/q2*-1;;+2. The Kier molecular flexibility index (Phi) is 9.72. The molecule has 0 amide bonds. The minimum atomic E-state index is 0.167. The molecule has 1 heteroatoms. The van der Waals surface area contributed by atoms with Gasteiger partial charge >= 0.3 is 41.3 Å². The predicted molar refractivity (Wildman–Crippen MR) is 152 cm³/mol. The molecule has 0 N–H and O–H groups in total. The van der Waals surface area contributed by atoms with Gasteiger partial charge in [-0.05, 0) is 28.4 Å². The van der Waals surface area contributed by atoms with E-state index in [1.165, 1.54) is 42.2 Å². The van der Waals surface area contributed by atoms with Gasteiger partial charge in [-0.2, -0.15) is 35.4 Å². The van der Waals surface area contributed by atoms with Gasteiger partial charge in [-0.1, -0.05) is 104 Å². The van der Waals surface area contributed by atoms with Crippen LogP contribution in [0.25, 0.3) is 11.1 Å². The summed E-state index contributed by atoms with van der Waals surface area (Å²) < 4.78 is 1.51. The van der Waals surface area contributed by atoms with Crippen LogP contribution in [-0.4, -0.2) is 3.21 Å². The van der Waals surface area contributed by atoms with Gasteiger partial charge in [0.1, 0.15) is 0 Å². The molecule has 2 aliphatic rings. The number of hydrogen-bond acceptors (Lipinski definition) is 0. The van der Waals surface area contributed by atoms with Crippen molar-refractivity contribution >= 4 is 3.21 Å². The molecule has 0 saturated carbocycles. The maximum absolute atomic E-state index is 3.67. The van der Waals surface area contributed by atoms with E-state index in [2.05, 4.69) is 138 Å². The monoisotopic (exact) mass is 544 g/mol. The Hall–Kier alpha value is -1.33. The molecule has 0 bridgehead atoms. The molecule has 0 spiro atoms. The zero-order chi connectivity index (χ0) is 26.8. The Morgan fingerprint density at radius 3 is 1.83 bits per heavy atom. The first-order valence-electron chi connectivity index (χ1n) is 12.9. The van der Waals surface area contributed by atoms with Crippen molar-refractivity contribution in [2.24, 2.45) is 11.3 Å². The molecule has 2 aromatic carbocycles. The van der Waals surface area contributed by atoms with E-state index < -0.39 is 0 Å². The number of benzene rings is 2. The molecular weight excluding hydrogens is 500 g/mol. The van der Waals surface area contributed by atoms with E-state index in [1.807, 2.05) is 0 Å². The van der Waals surface area contributed by atoms with Crippen LogP contribution < -0.4 is 0 Å². The summed E-state index contributed by atoms with van der Waals surface area (Å²) in [5, 5.41) is 0. The molecule has 0 aromatic heterocycles. The molecule has 186 valence electrons. The van der Waals surface area contributed by atoms with Crippen molar-refractivity contribution in [3.8, 4) is 11.1 Å². The summed E-state index contributed by atoms with van der Waals surface area (Å²) in [6.45, 7) is 26.7. The molecule has 0 saturated heterocycles. The predicted octanol–water partition coefficient (Wildman–Crippen LogP) is 9.37. The van der Waals surface area contributed by atoms with Gasteiger partial charge in [0, 0.05) is 0 Å². The van der Waals surface area contributed by atoms with Gasteiger partial charge in [0.15, 0.2) is 0 Å². The first kappa shape index (κ1) is 29.9. The molecular formula is C34H46Zr. The zero-order valence-electron chi connectivity index (χ0n) is 24.3. The van der Waals surface area contributed by atoms with Crippen molar-refractivity contribution in [2.45, 2.75) is 100 Å². The topological polar surface area (TPSA) is 0 Å². The molecule has 0 fully saturated rings. The van der Waals surface area contributed by atoms with Crippen LogP contribution in [0, 0.1) is 23.5 Å². The maximum atomic E-state index is 3.67. The quantitative estimate of drug-likeness (QED) is 0.247. The fourth-order valence-corrected chi connectivity index (χ4v) is 4.08. The molecule has 0 radical (unpaired) electrons. The van der Waals surface area contributed by atoms with Crippen LogP contribution in [0.4, 0.5) is 0 Å². The minimum absolute atomic E-state index is 0.167. The van der Waals surface area contributed by atoms with Gasteiger partial charge in [-0.15, -0.1) is 11.1 Å². The van der Waals surface area contributed by atoms with Crippen LogP contribution in [0.1, 0.15) is 105 Å². The van der Waals surface area contributed by atoms with Crippen molar-refractivity contribution < 1.29 is 24.2 Å². The number of hydrogen-bond donors (Lipinski definition) is 0. The van der Waals surface area contributed by atoms with Crippen LogP contribution >= 0.6 is 0 Å². The van der Waals surface area contributed by atoms with Gasteiger partial charge in [0.05, 0.1) is 0 Å². The fraction of sp³-hybridized carbons (Fsp3) is 0.500. The Morgan fingerprint density at radius 2 is 1.40 bits per heavy atom. The number of rotatable bonds is 0. The molecule has 0 nitrogen and oxygen atoms in total. The Balaban J connectivity index is 0.000000257. The van der Waals surface area contributed by atoms with Crippen LogP contribution in [0.5, 0.6) is 0 Å². The number of fused-ring (bicyclic) bond motifs is 3. The first-order valence-corrected chi connectivity index (χ1v) is 14.2. The van der Waals surface area contributed by atoms with Crippen LogP contribution in [-0.2, 0) is 41.5 Å². The van der Waals surface area contributed by atoms with Gasteiger partial charge in [-0.3, -0.25) is 6.08 Å². The van der Waals surface area contributed by atoms with E-state index in [0.29, 0.717) is 11.3 Å². The van der Waals surface area contributed by atoms with E-state index in [4.69, 9.17) is 0 Å². The molecule has 2 aromatic rings. The summed E-state index contributed by atoms with van der Waals surface area (Å²) in [5.74, 6) is 0.522. The molecule has 1 atom stereocenters. The van der Waals surface area contributed by atoms with Crippen LogP contribution in [0.15, 0.2) is 48.1 Å². The van der Waals surface area contributed by atoms with Crippen molar-refractivity contribution in [3.05, 3.63) is 82.5 Å². The number of allylic oxidation sites excluding steroid dienone is 4. The summed E-state index contributed by atoms with van der Waals surface area (Å²) in [7, 11) is 0. The van der Waals surface area contributed by atoms with Crippen molar-refractivity contribution in [1.82, 2.24) is 0 Å². The third-order valence-corrected chi connectivity index (χ3v) is 6.26. The fourth-order valence-electron chi connectivity index (χ4n) is 4.08. The first-order chi connectivity index (χ1) is 15.9. The third kappa shape index (κ3) is 8.63. The summed E-state index contributed by atoms with van der Waals surface area (Å²) >= 11 is 1.55. The summed E-state index contributed by atoms with van der Waals surface area (Å²) in [6.07, 6.45) is 8.68. The molecule has 0 aliphatic heterocycles. The molecule has 1 unspecified atom stereocenters. The van der Waals surface area contributed by atoms with Crippen LogP contribution in [0.3, 0.4) is 0 Å². The molecule has 2 aliphatic carbocycles. The van der Waals surface area contributed by atoms with Gasteiger partial charge in [0.2, 0.25) is 0 Å². The van der Waals surface area contributed by atoms with Gasteiger partial charge in [0.25, 0.3) is 0 Å². The third-order valence-electron chi connectivity index (χ3n) is 6.26. The van der Waals surface area contributed by atoms with E-state index >= 15 is 0 Å². The van der Waals surface area contributed by atoms with E-state index in [-0.39, 0.29) is 10.8 Å². The second-order valence-electron chi connectivity index (χ2n) is 13.3. The van der Waals surface area contributed by atoms with E-state index in [1.54, 1.807) is 24.2 Å². The zero-order valence-corrected chi connectivity index (χ0v) is 26.8. The summed E-state index contributed by atoms with van der Waals surface area (Å²) in [4.78, 5) is 0. The second kappa shape index (κ2) is 11.4. The molecule has 4 rings (SSSR count). The normalized spacial score (nSPS) is 16.4. The van der Waals surface area contributed by atoms with E-state index in [9.17, 15) is 0 Å². The van der Waals surface area contributed by atoms with E-state index in [0.717, 1.165) is 6.42 Å².